The molecule has 0 aliphatic rings. The molecule has 1 unspecified atom stereocenters. The minimum absolute atomic E-state index is 0.126. The Labute approximate surface area is 181 Å². The number of nitrogens with zero attached hydrogens (tertiary/aromatic N) is 4. The second-order valence-corrected chi connectivity index (χ2v) is 6.74. The second-order valence-electron chi connectivity index (χ2n) is 6.74. The Kier molecular flexibility index (Phi) is 6.45. The van der Waals surface area contributed by atoms with Crippen molar-refractivity contribution in [2.75, 3.05) is 5.73 Å². The van der Waals surface area contributed by atoms with Crippen LogP contribution in [0, 0.1) is 0 Å². The molecule has 0 spiro atoms. The topological polar surface area (TPSA) is 98.2 Å². The Bertz CT molecular complexity index is 1310. The van der Waals surface area contributed by atoms with Crippen LogP contribution < -0.4 is 21.6 Å². The molecule has 4 rings (SSSR count). The van der Waals surface area contributed by atoms with Crippen LogP contribution in [0.2, 0.25) is 0 Å². The van der Waals surface area contributed by atoms with Gasteiger partial charge in [0.25, 0.3) is 5.91 Å². The molecule has 0 fully saturated rings. The normalized spacial score (nSPS) is 11.5. The van der Waals surface area contributed by atoms with Crippen molar-refractivity contribution < 1.29 is 4.79 Å². The van der Waals surface area contributed by atoms with Crippen molar-refractivity contribution in [3.63, 3.8) is 0 Å². The number of nitrogens with one attached hydrogen (secondary N) is 1. The van der Waals surface area contributed by atoms with Gasteiger partial charge in [-0.3, -0.25) is 4.79 Å². The molecule has 7 heteroatoms. The number of pyridine rings is 1. The maximum atomic E-state index is 13.0. The Balaban J connectivity index is 0.00000132. The number of anilines is 1. The summed E-state index contributed by atoms with van der Waals surface area (Å²) in [4.78, 5) is 21.8. The summed E-state index contributed by atoms with van der Waals surface area (Å²) in [5.74, 6) is -0.229. The van der Waals surface area contributed by atoms with Gasteiger partial charge in [0.05, 0.1) is 17.1 Å². The van der Waals surface area contributed by atoms with Crippen LogP contribution in [0.1, 0.15) is 42.7 Å². The molecule has 1 amide bonds. The third kappa shape index (κ3) is 4.30. The van der Waals surface area contributed by atoms with E-state index < -0.39 is 0 Å². The zero-order chi connectivity index (χ0) is 22.5. The van der Waals surface area contributed by atoms with E-state index in [0.717, 1.165) is 16.8 Å². The van der Waals surface area contributed by atoms with E-state index in [1.165, 1.54) is 4.52 Å². The van der Waals surface area contributed by atoms with Gasteiger partial charge >= 0.3 is 0 Å². The zero-order valence-electron chi connectivity index (χ0n) is 18.0. The average molecular weight is 415 g/mol. The van der Waals surface area contributed by atoms with Crippen molar-refractivity contribution in [2.45, 2.75) is 26.8 Å². The van der Waals surface area contributed by atoms with E-state index in [0.29, 0.717) is 16.2 Å². The summed E-state index contributed by atoms with van der Waals surface area (Å²) in [6, 6.07) is 13.0. The van der Waals surface area contributed by atoms with Crippen LogP contribution in [0.3, 0.4) is 0 Å². The molecule has 0 radical (unpaired) electrons. The van der Waals surface area contributed by atoms with Gasteiger partial charge in [-0.15, -0.1) is 5.10 Å². The van der Waals surface area contributed by atoms with E-state index in [2.05, 4.69) is 33.5 Å². The molecule has 4 aromatic rings. The van der Waals surface area contributed by atoms with E-state index in [-0.39, 0.29) is 23.3 Å². The lowest BCUT2D eigenvalue weighted by atomic mass is 9.99. The highest BCUT2D eigenvalue weighted by molar-refractivity contribution is 6.04. The SMILES string of the molecule is C=c1cc(C(C)NC(=O)c2c(N)nn3cccnc23)c(-c2ccccc2)nc1=C.CC. The molecule has 7 nitrogen and oxygen atoms in total. The summed E-state index contributed by atoms with van der Waals surface area (Å²) < 4.78 is 1.48. The van der Waals surface area contributed by atoms with Crippen molar-refractivity contribution in [3.05, 3.63) is 76.6 Å². The number of rotatable bonds is 4. The monoisotopic (exact) mass is 414 g/mol. The predicted molar refractivity (Wildman–Crippen MR) is 125 cm³/mol. The number of carbonyl (C=O) groups is 1. The largest absolute Gasteiger partial charge is 0.381 e. The lowest BCUT2D eigenvalue weighted by Gasteiger charge is -2.18. The average Bonchev–Trinajstić information content (AvgIpc) is 3.13. The van der Waals surface area contributed by atoms with Gasteiger partial charge < -0.3 is 11.1 Å². The Morgan fingerprint density at radius 3 is 2.58 bits per heavy atom. The number of nitrogen functional groups attached to an aromatic ring is 1. The van der Waals surface area contributed by atoms with Gasteiger partial charge in [-0.05, 0) is 24.3 Å². The van der Waals surface area contributed by atoms with Gasteiger partial charge in [-0.2, -0.15) is 0 Å². The molecule has 0 saturated heterocycles. The molecule has 0 bridgehead atoms. The van der Waals surface area contributed by atoms with Crippen LogP contribution in [0.4, 0.5) is 5.82 Å². The highest BCUT2D eigenvalue weighted by Crippen LogP contribution is 2.25. The highest BCUT2D eigenvalue weighted by atomic mass is 16.1. The second kappa shape index (κ2) is 9.21. The number of amides is 1. The number of aromatic nitrogens is 4. The van der Waals surface area contributed by atoms with E-state index in [9.17, 15) is 4.79 Å². The van der Waals surface area contributed by atoms with Crippen molar-refractivity contribution in [1.82, 2.24) is 24.9 Å². The standard InChI is InChI=1S/C22H20N6O.C2H6/c1-13-12-17(19(25-14(13)2)16-8-5-4-6-9-16)15(3)26-22(29)18-20(23)27-28-11-7-10-24-21(18)28;1-2/h4-12,15H,1-2H2,3H3,(H2,23,27)(H,26,29);1-2H3. The molecule has 1 atom stereocenters. The van der Waals surface area contributed by atoms with Gasteiger partial charge in [0.2, 0.25) is 0 Å². The van der Waals surface area contributed by atoms with Crippen molar-refractivity contribution >= 4 is 30.5 Å². The Hall–Kier alpha value is -4.00. The molecular formula is C24H26N6O. The first-order valence-corrected chi connectivity index (χ1v) is 10.1. The summed E-state index contributed by atoms with van der Waals surface area (Å²) in [6.07, 6.45) is 3.29. The number of fused-ring (bicyclic) bond motifs is 1. The fourth-order valence-electron chi connectivity index (χ4n) is 3.24. The summed E-state index contributed by atoms with van der Waals surface area (Å²) in [7, 11) is 0. The van der Waals surface area contributed by atoms with Crippen molar-refractivity contribution in [2.24, 2.45) is 0 Å². The number of nitrogens with two attached hydrogens (primary N) is 1. The van der Waals surface area contributed by atoms with Gasteiger partial charge in [-0.25, -0.2) is 14.5 Å². The first-order valence-electron chi connectivity index (χ1n) is 10.1. The van der Waals surface area contributed by atoms with Crippen molar-refractivity contribution in [1.29, 1.82) is 0 Å². The van der Waals surface area contributed by atoms with E-state index in [4.69, 9.17) is 5.73 Å². The maximum Gasteiger partial charge on any atom is 0.259 e. The molecule has 158 valence electrons. The summed E-state index contributed by atoms with van der Waals surface area (Å²) in [6.45, 7) is 13.8. The van der Waals surface area contributed by atoms with Crippen LogP contribution in [0.15, 0.2) is 54.9 Å². The third-order valence-corrected chi connectivity index (χ3v) is 4.73. The van der Waals surface area contributed by atoms with E-state index in [1.807, 2.05) is 57.2 Å². The number of benzene rings is 1. The molecule has 0 aliphatic heterocycles. The first kappa shape index (κ1) is 21.7. The molecule has 0 saturated carbocycles. The first-order chi connectivity index (χ1) is 15.0. The van der Waals surface area contributed by atoms with Gasteiger partial charge in [-0.1, -0.05) is 57.3 Å². The summed E-state index contributed by atoms with van der Waals surface area (Å²) in [5.41, 5.74) is 9.15. The number of hydrogen-bond acceptors (Lipinski definition) is 5. The molecule has 3 aromatic heterocycles. The lowest BCUT2D eigenvalue weighted by Crippen LogP contribution is -2.32. The fourth-order valence-corrected chi connectivity index (χ4v) is 3.24. The van der Waals surface area contributed by atoms with Crippen LogP contribution in [0.25, 0.3) is 30.1 Å². The Morgan fingerprint density at radius 2 is 1.87 bits per heavy atom. The number of hydrogen-bond donors (Lipinski definition) is 2. The Morgan fingerprint density at radius 1 is 1.16 bits per heavy atom. The minimum Gasteiger partial charge on any atom is -0.381 e. The maximum absolute atomic E-state index is 13.0. The third-order valence-electron chi connectivity index (χ3n) is 4.73. The van der Waals surface area contributed by atoms with Gasteiger partial charge in [0.1, 0.15) is 5.56 Å². The smallest absolute Gasteiger partial charge is 0.259 e. The van der Waals surface area contributed by atoms with Crippen LogP contribution in [-0.4, -0.2) is 25.5 Å². The van der Waals surface area contributed by atoms with E-state index >= 15 is 0 Å². The van der Waals surface area contributed by atoms with Crippen LogP contribution in [-0.2, 0) is 0 Å². The van der Waals surface area contributed by atoms with Gasteiger partial charge in [0.15, 0.2) is 11.5 Å². The zero-order valence-corrected chi connectivity index (χ0v) is 18.0. The lowest BCUT2D eigenvalue weighted by molar-refractivity contribution is 0.0942. The minimum atomic E-state index is -0.357. The molecule has 3 heterocycles. The van der Waals surface area contributed by atoms with Crippen LogP contribution in [0.5, 0.6) is 0 Å². The molecular weight excluding hydrogens is 388 g/mol. The van der Waals surface area contributed by atoms with Gasteiger partial charge in [0, 0.05) is 23.5 Å². The predicted octanol–water partition coefficient (Wildman–Crippen LogP) is 2.71. The number of carbonyl (C=O) groups excluding carboxylic acids is 1. The quantitative estimate of drug-likeness (QED) is 0.535. The molecule has 31 heavy (non-hydrogen) atoms. The summed E-state index contributed by atoms with van der Waals surface area (Å²) in [5, 5.41) is 8.44. The van der Waals surface area contributed by atoms with Crippen molar-refractivity contribution in [3.8, 4) is 11.3 Å². The molecule has 3 N–H and O–H groups in total. The summed E-state index contributed by atoms with van der Waals surface area (Å²) >= 11 is 0. The molecule has 1 aromatic carbocycles. The fraction of sp³-hybridized carbons (Fsp3) is 0.167. The van der Waals surface area contributed by atoms with Crippen LogP contribution >= 0.6 is 0 Å². The van der Waals surface area contributed by atoms with E-state index in [1.54, 1.807) is 18.5 Å². The highest BCUT2D eigenvalue weighted by Gasteiger charge is 2.22. The molecule has 0 aliphatic carbocycles.